The van der Waals surface area contributed by atoms with Crippen LogP contribution >= 0.6 is 0 Å². The maximum Gasteiger partial charge on any atom is 0.252 e. The lowest BCUT2D eigenvalue weighted by Gasteiger charge is -2.12. The van der Waals surface area contributed by atoms with Crippen molar-refractivity contribution in [2.24, 2.45) is 0 Å². The van der Waals surface area contributed by atoms with Gasteiger partial charge in [0.25, 0.3) is 5.91 Å². The minimum absolute atomic E-state index is 0.0734. The quantitative estimate of drug-likeness (QED) is 0.853. The lowest BCUT2D eigenvalue weighted by molar-refractivity contribution is 0.0958. The van der Waals surface area contributed by atoms with E-state index in [0.29, 0.717) is 12.1 Å². The van der Waals surface area contributed by atoms with Crippen LogP contribution in [0.4, 0.5) is 5.69 Å². The van der Waals surface area contributed by atoms with E-state index in [9.17, 15) is 4.79 Å². The Morgan fingerprint density at radius 3 is 2.48 bits per heavy atom. The van der Waals surface area contributed by atoms with Gasteiger partial charge in [-0.15, -0.1) is 0 Å². The van der Waals surface area contributed by atoms with E-state index < -0.39 is 0 Å². The molecule has 0 aliphatic carbocycles. The number of benzene rings is 1. The maximum absolute atomic E-state index is 11.9. The molecule has 4 nitrogen and oxygen atoms in total. The van der Waals surface area contributed by atoms with Crippen LogP contribution in [0.2, 0.25) is 0 Å². The van der Waals surface area contributed by atoms with Crippen molar-refractivity contribution < 1.29 is 4.79 Å². The van der Waals surface area contributed by atoms with E-state index in [-0.39, 0.29) is 5.91 Å². The highest BCUT2D eigenvalue weighted by molar-refractivity contribution is 5.94. The molecule has 0 spiro atoms. The summed E-state index contributed by atoms with van der Waals surface area (Å²) in [5.41, 5.74) is 1.75. The molecule has 1 saturated heterocycles. The summed E-state index contributed by atoms with van der Waals surface area (Å²) in [6, 6.07) is 7.55. The number of rotatable bonds is 4. The minimum atomic E-state index is -0.0734. The van der Waals surface area contributed by atoms with Crippen LogP contribution < -0.4 is 10.2 Å². The number of hydrogen-bond acceptors (Lipinski definition) is 3. The Morgan fingerprint density at radius 2 is 1.86 bits per heavy atom. The third-order valence-corrected chi connectivity index (χ3v) is 3.61. The Bertz CT molecular complexity index is 519. The van der Waals surface area contributed by atoms with Crippen molar-refractivity contribution in [2.75, 3.05) is 45.2 Å². The standard InChI is InChI=1S/C17H23N3O/c1-19(2)16-9-7-15(8-10-16)17(21)18-11-3-4-12-20-13-5-6-14-20/h7-10H,5-6,11-14H2,1-2H3,(H,18,21). The van der Waals surface area contributed by atoms with E-state index in [1.165, 1.54) is 12.8 Å². The molecule has 2 rings (SSSR count). The Labute approximate surface area is 127 Å². The van der Waals surface area contributed by atoms with Crippen molar-refractivity contribution in [3.8, 4) is 11.8 Å². The Kier molecular flexibility index (Phi) is 5.65. The van der Waals surface area contributed by atoms with Gasteiger partial charge in [-0.25, -0.2) is 0 Å². The first kappa shape index (κ1) is 15.4. The average molecular weight is 285 g/mol. The first-order chi connectivity index (χ1) is 10.2. The minimum Gasteiger partial charge on any atom is -0.378 e. The molecule has 1 aliphatic rings. The number of amides is 1. The summed E-state index contributed by atoms with van der Waals surface area (Å²) in [7, 11) is 3.95. The van der Waals surface area contributed by atoms with Crippen molar-refractivity contribution in [2.45, 2.75) is 12.8 Å². The zero-order chi connectivity index (χ0) is 15.1. The number of carbonyl (C=O) groups excluding carboxylic acids is 1. The monoisotopic (exact) mass is 285 g/mol. The van der Waals surface area contributed by atoms with Crippen LogP contribution in [0.3, 0.4) is 0 Å². The summed E-state index contributed by atoms with van der Waals surface area (Å²) in [5.74, 6) is 6.05. The molecule has 1 amide bonds. The van der Waals surface area contributed by atoms with Gasteiger partial charge in [0.2, 0.25) is 0 Å². The first-order valence-electron chi connectivity index (χ1n) is 7.40. The predicted octanol–water partition coefficient (Wildman–Crippen LogP) is 1.58. The van der Waals surface area contributed by atoms with Crippen molar-refractivity contribution in [1.82, 2.24) is 10.2 Å². The molecule has 21 heavy (non-hydrogen) atoms. The summed E-state index contributed by atoms with van der Waals surface area (Å²) in [6.07, 6.45) is 2.56. The van der Waals surface area contributed by atoms with Crippen molar-refractivity contribution in [3.05, 3.63) is 29.8 Å². The summed E-state index contributed by atoms with van der Waals surface area (Å²) in [4.78, 5) is 16.3. The number of anilines is 1. The summed E-state index contributed by atoms with van der Waals surface area (Å²) < 4.78 is 0. The SMILES string of the molecule is CN(C)c1ccc(C(=O)NCC#CCN2CCCC2)cc1. The van der Waals surface area contributed by atoms with E-state index in [2.05, 4.69) is 22.1 Å². The average Bonchev–Trinajstić information content (AvgIpc) is 3.00. The lowest BCUT2D eigenvalue weighted by atomic mass is 10.2. The molecule has 112 valence electrons. The second kappa shape index (κ2) is 7.70. The molecule has 4 heteroatoms. The van der Waals surface area contributed by atoms with Gasteiger partial charge < -0.3 is 10.2 Å². The predicted molar refractivity (Wildman–Crippen MR) is 86.6 cm³/mol. The lowest BCUT2D eigenvalue weighted by Crippen LogP contribution is -2.24. The molecule has 0 unspecified atom stereocenters. The van der Waals surface area contributed by atoms with E-state index in [0.717, 1.165) is 25.3 Å². The molecule has 1 N–H and O–H groups in total. The Hall–Kier alpha value is -1.99. The fourth-order valence-electron chi connectivity index (χ4n) is 2.31. The largest absolute Gasteiger partial charge is 0.378 e. The van der Waals surface area contributed by atoms with E-state index in [1.54, 1.807) is 0 Å². The van der Waals surface area contributed by atoms with Gasteiger partial charge in [-0.05, 0) is 50.2 Å². The molecule has 1 aromatic carbocycles. The second-order valence-electron chi connectivity index (χ2n) is 5.46. The zero-order valence-corrected chi connectivity index (χ0v) is 12.9. The summed E-state index contributed by atoms with van der Waals surface area (Å²) >= 11 is 0. The number of carbonyl (C=O) groups is 1. The highest BCUT2D eigenvalue weighted by Gasteiger charge is 2.08. The van der Waals surface area contributed by atoms with Gasteiger partial charge >= 0.3 is 0 Å². The molecule has 0 atom stereocenters. The van der Waals surface area contributed by atoms with Gasteiger partial charge in [-0.3, -0.25) is 9.69 Å². The molecular formula is C17H23N3O. The number of likely N-dealkylation sites (tertiary alicyclic amines) is 1. The van der Waals surface area contributed by atoms with Crippen LogP contribution in [0.1, 0.15) is 23.2 Å². The van der Waals surface area contributed by atoms with E-state index in [1.807, 2.05) is 43.3 Å². The fraction of sp³-hybridized carbons (Fsp3) is 0.471. The van der Waals surface area contributed by atoms with E-state index in [4.69, 9.17) is 0 Å². The third kappa shape index (κ3) is 4.80. The molecule has 1 fully saturated rings. The van der Waals surface area contributed by atoms with Gasteiger partial charge in [0, 0.05) is 25.3 Å². The highest BCUT2D eigenvalue weighted by Crippen LogP contribution is 2.11. The topological polar surface area (TPSA) is 35.6 Å². The van der Waals surface area contributed by atoms with Crippen molar-refractivity contribution >= 4 is 11.6 Å². The van der Waals surface area contributed by atoms with Crippen molar-refractivity contribution in [3.63, 3.8) is 0 Å². The molecule has 0 saturated carbocycles. The summed E-state index contributed by atoms with van der Waals surface area (Å²) in [6.45, 7) is 3.52. The first-order valence-corrected chi connectivity index (χ1v) is 7.40. The number of nitrogens with zero attached hydrogens (tertiary/aromatic N) is 2. The van der Waals surface area contributed by atoms with Crippen LogP contribution in [0.25, 0.3) is 0 Å². The fourth-order valence-corrected chi connectivity index (χ4v) is 2.31. The van der Waals surface area contributed by atoms with Crippen LogP contribution in [0.5, 0.6) is 0 Å². The second-order valence-corrected chi connectivity index (χ2v) is 5.46. The van der Waals surface area contributed by atoms with Gasteiger partial charge in [0.05, 0.1) is 13.1 Å². The van der Waals surface area contributed by atoms with Crippen LogP contribution in [0.15, 0.2) is 24.3 Å². The normalized spacial score (nSPS) is 14.4. The maximum atomic E-state index is 11.9. The highest BCUT2D eigenvalue weighted by atomic mass is 16.1. The van der Waals surface area contributed by atoms with Crippen LogP contribution in [-0.2, 0) is 0 Å². The summed E-state index contributed by atoms with van der Waals surface area (Å²) in [5, 5.41) is 2.83. The van der Waals surface area contributed by atoms with E-state index >= 15 is 0 Å². The molecular weight excluding hydrogens is 262 g/mol. The molecule has 0 bridgehead atoms. The van der Waals surface area contributed by atoms with Gasteiger partial charge in [0.1, 0.15) is 0 Å². The number of hydrogen-bond donors (Lipinski definition) is 1. The molecule has 0 radical (unpaired) electrons. The molecule has 1 aliphatic heterocycles. The zero-order valence-electron chi connectivity index (χ0n) is 12.9. The Morgan fingerprint density at radius 1 is 1.19 bits per heavy atom. The number of nitrogens with one attached hydrogen (secondary N) is 1. The van der Waals surface area contributed by atoms with Crippen LogP contribution in [0, 0.1) is 11.8 Å². The van der Waals surface area contributed by atoms with Gasteiger partial charge in [-0.2, -0.15) is 0 Å². The molecule has 1 aromatic rings. The van der Waals surface area contributed by atoms with Gasteiger partial charge in [-0.1, -0.05) is 11.8 Å². The van der Waals surface area contributed by atoms with Crippen LogP contribution in [-0.4, -0.2) is 51.1 Å². The van der Waals surface area contributed by atoms with Gasteiger partial charge in [0.15, 0.2) is 0 Å². The molecule has 1 heterocycles. The third-order valence-electron chi connectivity index (χ3n) is 3.61. The smallest absolute Gasteiger partial charge is 0.252 e. The Balaban J connectivity index is 1.75. The van der Waals surface area contributed by atoms with Crippen molar-refractivity contribution in [1.29, 1.82) is 0 Å². The molecule has 0 aromatic heterocycles.